The molecule has 7 heteroatoms. The van der Waals surface area contributed by atoms with Crippen molar-refractivity contribution < 1.29 is 9.72 Å². The quantitative estimate of drug-likeness (QED) is 0.312. The van der Waals surface area contributed by atoms with Gasteiger partial charge in [-0.1, -0.05) is 30.3 Å². The minimum absolute atomic E-state index is 0.119. The first-order valence-corrected chi connectivity index (χ1v) is 8.47. The summed E-state index contributed by atoms with van der Waals surface area (Å²) < 4.78 is 0. The third-order valence-electron chi connectivity index (χ3n) is 3.61. The monoisotopic (exact) mass is 353 g/mol. The molecule has 3 aromatic carbocycles. The lowest BCUT2D eigenvalue weighted by Gasteiger charge is -2.08. The van der Waals surface area contributed by atoms with Gasteiger partial charge in [-0.05, 0) is 29.0 Å². The molecule has 0 saturated carbocycles. The van der Waals surface area contributed by atoms with Gasteiger partial charge >= 0.3 is 0 Å². The van der Waals surface area contributed by atoms with Gasteiger partial charge in [-0.2, -0.15) is 0 Å². The van der Waals surface area contributed by atoms with Crippen LogP contribution in [-0.2, 0) is 4.79 Å². The lowest BCUT2D eigenvalue weighted by Crippen LogP contribution is -2.15. The Morgan fingerprint density at radius 1 is 1.08 bits per heavy atom. The van der Waals surface area contributed by atoms with E-state index in [-0.39, 0.29) is 28.7 Å². The molecule has 1 amide bonds. The Balaban J connectivity index is 1.66. The maximum Gasteiger partial charge on any atom is 0.271 e. The molecule has 0 spiro atoms. The van der Waals surface area contributed by atoms with Crippen molar-refractivity contribution in [1.82, 2.24) is 0 Å². The fourth-order valence-electron chi connectivity index (χ4n) is 2.36. The predicted molar refractivity (Wildman–Crippen MR) is 101 cm³/mol. The van der Waals surface area contributed by atoms with Gasteiger partial charge in [0.05, 0.1) is 22.1 Å². The van der Waals surface area contributed by atoms with Gasteiger partial charge in [0.2, 0.25) is 5.91 Å². The van der Waals surface area contributed by atoms with Crippen molar-refractivity contribution in [3.63, 3.8) is 0 Å². The Kier molecular flexibility index (Phi) is 4.85. The second-order valence-electron chi connectivity index (χ2n) is 5.37. The molecule has 0 fully saturated rings. The number of nitrogens with two attached hydrogens (primary N) is 1. The number of benzene rings is 3. The third-order valence-corrected chi connectivity index (χ3v) is 4.61. The molecule has 0 atom stereocenters. The van der Waals surface area contributed by atoms with Gasteiger partial charge in [0.25, 0.3) is 5.69 Å². The minimum Gasteiger partial charge on any atom is -0.397 e. The summed E-state index contributed by atoms with van der Waals surface area (Å²) in [6.07, 6.45) is 0. The third kappa shape index (κ3) is 4.07. The number of non-ortho nitro benzene ring substituents is 1. The van der Waals surface area contributed by atoms with Gasteiger partial charge in [-0.15, -0.1) is 11.8 Å². The molecular formula is C18H15N3O3S. The number of fused-ring (bicyclic) bond motifs is 1. The summed E-state index contributed by atoms with van der Waals surface area (Å²) in [6, 6.07) is 17.9. The maximum absolute atomic E-state index is 12.1. The number of nitro groups is 1. The van der Waals surface area contributed by atoms with Crippen LogP contribution < -0.4 is 11.1 Å². The van der Waals surface area contributed by atoms with E-state index in [4.69, 9.17) is 5.73 Å². The van der Waals surface area contributed by atoms with Crippen LogP contribution in [0.5, 0.6) is 0 Å². The fraction of sp³-hybridized carbons (Fsp3) is 0.0556. The number of thioether (sulfide) groups is 1. The second kappa shape index (κ2) is 7.23. The molecule has 0 aliphatic heterocycles. The van der Waals surface area contributed by atoms with Crippen molar-refractivity contribution in [3.05, 3.63) is 70.8 Å². The van der Waals surface area contributed by atoms with Crippen molar-refractivity contribution in [3.8, 4) is 0 Å². The first-order valence-electron chi connectivity index (χ1n) is 7.48. The highest BCUT2D eigenvalue weighted by molar-refractivity contribution is 8.00. The summed E-state index contributed by atoms with van der Waals surface area (Å²) in [5.41, 5.74) is 6.18. The van der Waals surface area contributed by atoms with Crippen LogP contribution in [0.1, 0.15) is 0 Å². The normalized spacial score (nSPS) is 10.6. The average Bonchev–Trinajstić information content (AvgIpc) is 2.61. The highest BCUT2D eigenvalue weighted by atomic mass is 32.2. The molecule has 25 heavy (non-hydrogen) atoms. The Morgan fingerprint density at radius 3 is 2.60 bits per heavy atom. The zero-order valence-electron chi connectivity index (χ0n) is 13.1. The number of nitrogens with one attached hydrogen (secondary N) is 1. The van der Waals surface area contributed by atoms with Crippen LogP contribution in [0, 0.1) is 10.1 Å². The molecule has 0 aliphatic carbocycles. The van der Waals surface area contributed by atoms with Crippen LogP contribution in [-0.4, -0.2) is 16.6 Å². The van der Waals surface area contributed by atoms with Crippen LogP contribution in [0.25, 0.3) is 10.8 Å². The van der Waals surface area contributed by atoms with Gasteiger partial charge in [-0.25, -0.2) is 0 Å². The van der Waals surface area contributed by atoms with Gasteiger partial charge in [0, 0.05) is 17.0 Å². The fourth-order valence-corrected chi connectivity index (χ4v) is 3.10. The number of hydrogen-bond acceptors (Lipinski definition) is 5. The van der Waals surface area contributed by atoms with E-state index in [1.165, 1.54) is 30.0 Å². The number of nitro benzene ring substituents is 1. The highest BCUT2D eigenvalue weighted by Gasteiger charge is 2.12. The van der Waals surface area contributed by atoms with E-state index < -0.39 is 4.92 Å². The molecule has 3 aromatic rings. The Labute approximate surface area is 148 Å². The van der Waals surface area contributed by atoms with Crippen LogP contribution in [0.3, 0.4) is 0 Å². The van der Waals surface area contributed by atoms with E-state index >= 15 is 0 Å². The van der Waals surface area contributed by atoms with Crippen molar-refractivity contribution >= 4 is 45.5 Å². The second-order valence-corrected chi connectivity index (χ2v) is 6.42. The van der Waals surface area contributed by atoms with Gasteiger partial charge in [0.15, 0.2) is 0 Å². The number of rotatable bonds is 5. The number of hydrogen-bond donors (Lipinski definition) is 2. The first kappa shape index (κ1) is 16.8. The van der Waals surface area contributed by atoms with Gasteiger partial charge in [-0.3, -0.25) is 14.9 Å². The van der Waals surface area contributed by atoms with Crippen LogP contribution in [0.2, 0.25) is 0 Å². The molecule has 0 saturated heterocycles. The lowest BCUT2D eigenvalue weighted by molar-refractivity contribution is -0.384. The zero-order valence-corrected chi connectivity index (χ0v) is 14.0. The zero-order chi connectivity index (χ0) is 17.8. The van der Waals surface area contributed by atoms with E-state index in [9.17, 15) is 14.9 Å². The molecule has 0 heterocycles. The van der Waals surface area contributed by atoms with E-state index in [2.05, 4.69) is 5.32 Å². The van der Waals surface area contributed by atoms with E-state index in [0.29, 0.717) is 0 Å². The molecular weight excluding hydrogens is 338 g/mol. The summed E-state index contributed by atoms with van der Waals surface area (Å²) >= 11 is 1.39. The number of nitrogen functional groups attached to an aromatic ring is 1. The Bertz CT molecular complexity index is 959. The smallest absolute Gasteiger partial charge is 0.271 e. The van der Waals surface area contributed by atoms with Crippen molar-refractivity contribution in [1.29, 1.82) is 0 Å². The standard InChI is InChI=1S/C18H15N3O3S/c19-16-8-6-14(21(23)24)10-17(16)20-18(22)11-25-15-7-5-12-3-1-2-4-13(12)9-15/h1-10H,11,19H2,(H,20,22). The van der Waals surface area contributed by atoms with Crippen molar-refractivity contribution in [2.75, 3.05) is 16.8 Å². The molecule has 3 rings (SSSR count). The summed E-state index contributed by atoms with van der Waals surface area (Å²) in [6.45, 7) is 0. The number of amides is 1. The SMILES string of the molecule is Nc1ccc([N+](=O)[O-])cc1NC(=O)CSc1ccc2ccccc2c1. The van der Waals surface area contributed by atoms with E-state index in [0.717, 1.165) is 15.7 Å². The number of carbonyl (C=O) groups is 1. The van der Waals surface area contributed by atoms with Crippen molar-refractivity contribution in [2.45, 2.75) is 4.90 Å². The molecule has 0 unspecified atom stereocenters. The predicted octanol–water partition coefficient (Wildman–Crippen LogP) is 4.06. The van der Waals surface area contributed by atoms with Crippen LogP contribution in [0.4, 0.5) is 17.1 Å². The first-order chi connectivity index (χ1) is 12.0. The van der Waals surface area contributed by atoms with Crippen LogP contribution >= 0.6 is 11.8 Å². The summed E-state index contributed by atoms with van der Waals surface area (Å²) in [5, 5.41) is 15.7. The Hall–Kier alpha value is -3.06. The minimum atomic E-state index is -0.529. The summed E-state index contributed by atoms with van der Waals surface area (Å²) in [5.74, 6) is -0.0918. The number of anilines is 2. The topological polar surface area (TPSA) is 98.3 Å². The highest BCUT2D eigenvalue weighted by Crippen LogP contribution is 2.26. The molecule has 6 nitrogen and oxygen atoms in total. The molecule has 0 aliphatic rings. The summed E-state index contributed by atoms with van der Waals surface area (Å²) in [4.78, 5) is 23.4. The number of nitrogens with zero attached hydrogens (tertiary/aromatic N) is 1. The van der Waals surface area contributed by atoms with E-state index in [1.54, 1.807) is 0 Å². The maximum atomic E-state index is 12.1. The molecule has 0 aromatic heterocycles. The van der Waals surface area contributed by atoms with Crippen LogP contribution in [0.15, 0.2) is 65.6 Å². The lowest BCUT2D eigenvalue weighted by atomic mass is 10.1. The van der Waals surface area contributed by atoms with Gasteiger partial charge in [0.1, 0.15) is 0 Å². The largest absolute Gasteiger partial charge is 0.397 e. The van der Waals surface area contributed by atoms with E-state index in [1.807, 2.05) is 42.5 Å². The average molecular weight is 353 g/mol. The molecule has 0 radical (unpaired) electrons. The molecule has 126 valence electrons. The summed E-state index contributed by atoms with van der Waals surface area (Å²) in [7, 11) is 0. The number of carbonyl (C=O) groups excluding carboxylic acids is 1. The van der Waals surface area contributed by atoms with Gasteiger partial charge < -0.3 is 11.1 Å². The molecule has 3 N–H and O–H groups in total. The Morgan fingerprint density at radius 2 is 1.84 bits per heavy atom. The van der Waals surface area contributed by atoms with Crippen molar-refractivity contribution in [2.24, 2.45) is 0 Å². The molecule has 0 bridgehead atoms.